The molecule has 2 atom stereocenters. The Morgan fingerprint density at radius 3 is 2.83 bits per heavy atom. The summed E-state index contributed by atoms with van der Waals surface area (Å²) in [6.45, 7) is 2.92. The maximum absolute atomic E-state index is 11.6. The number of halogens is 1. The molecule has 98 valence electrons. The molecule has 1 aliphatic rings. The third-order valence-corrected chi connectivity index (χ3v) is 3.48. The van der Waals surface area contributed by atoms with E-state index >= 15 is 0 Å². The molecular formula is C14H19ClN2O. The van der Waals surface area contributed by atoms with Gasteiger partial charge >= 0.3 is 0 Å². The van der Waals surface area contributed by atoms with E-state index < -0.39 is 0 Å². The zero-order valence-corrected chi connectivity index (χ0v) is 11.3. The van der Waals surface area contributed by atoms with Crippen molar-refractivity contribution in [3.63, 3.8) is 0 Å². The van der Waals surface area contributed by atoms with Crippen LogP contribution in [0.5, 0.6) is 0 Å². The molecule has 3 nitrogen and oxygen atoms in total. The molecule has 4 heteroatoms. The zero-order chi connectivity index (χ0) is 13.0. The van der Waals surface area contributed by atoms with Crippen LogP contribution >= 0.6 is 11.6 Å². The van der Waals surface area contributed by atoms with Gasteiger partial charge in [0.25, 0.3) is 0 Å². The lowest BCUT2D eigenvalue weighted by Gasteiger charge is -2.26. The Morgan fingerprint density at radius 1 is 1.44 bits per heavy atom. The van der Waals surface area contributed by atoms with Crippen LogP contribution in [0, 0.1) is 0 Å². The van der Waals surface area contributed by atoms with Crippen LogP contribution in [0.15, 0.2) is 24.3 Å². The molecule has 18 heavy (non-hydrogen) atoms. The van der Waals surface area contributed by atoms with Crippen LogP contribution in [-0.4, -0.2) is 24.5 Å². The average molecular weight is 267 g/mol. The fourth-order valence-corrected chi connectivity index (χ4v) is 2.43. The van der Waals surface area contributed by atoms with Gasteiger partial charge in [0.1, 0.15) is 0 Å². The molecular weight excluding hydrogens is 248 g/mol. The van der Waals surface area contributed by atoms with Crippen molar-refractivity contribution in [3.05, 3.63) is 34.9 Å². The highest BCUT2D eigenvalue weighted by Crippen LogP contribution is 2.12. The maximum atomic E-state index is 11.6. The second kappa shape index (κ2) is 6.21. The van der Waals surface area contributed by atoms with Crippen molar-refractivity contribution in [2.45, 2.75) is 38.3 Å². The molecule has 1 aromatic rings. The molecule has 2 N–H and O–H groups in total. The fourth-order valence-electron chi connectivity index (χ4n) is 2.31. The largest absolute Gasteiger partial charge is 0.355 e. The van der Waals surface area contributed by atoms with Gasteiger partial charge in [0.05, 0.1) is 6.04 Å². The van der Waals surface area contributed by atoms with Crippen LogP contribution in [0.1, 0.15) is 25.3 Å². The highest BCUT2D eigenvalue weighted by Gasteiger charge is 2.22. The number of carbonyl (C=O) groups is 1. The first-order valence-electron chi connectivity index (χ1n) is 6.43. The normalized spacial score (nSPS) is 21.4. The minimum Gasteiger partial charge on any atom is -0.355 e. The van der Waals surface area contributed by atoms with Gasteiger partial charge in [-0.05, 0) is 43.9 Å². The van der Waals surface area contributed by atoms with Crippen LogP contribution in [0.3, 0.4) is 0 Å². The molecule has 1 saturated heterocycles. The van der Waals surface area contributed by atoms with E-state index in [1.165, 1.54) is 5.56 Å². The number of rotatable bonds is 4. The predicted molar refractivity (Wildman–Crippen MR) is 73.8 cm³/mol. The molecule has 2 rings (SSSR count). The van der Waals surface area contributed by atoms with Crippen LogP contribution in [-0.2, 0) is 11.2 Å². The van der Waals surface area contributed by atoms with E-state index in [9.17, 15) is 4.79 Å². The molecule has 0 aromatic heterocycles. The van der Waals surface area contributed by atoms with Gasteiger partial charge in [-0.25, -0.2) is 0 Å². The monoisotopic (exact) mass is 266 g/mol. The molecule has 0 bridgehead atoms. The van der Waals surface area contributed by atoms with Gasteiger partial charge < -0.3 is 10.6 Å². The molecule has 0 spiro atoms. The van der Waals surface area contributed by atoms with Gasteiger partial charge in [0.2, 0.25) is 5.91 Å². The number of nitrogens with one attached hydrogen (secondary N) is 2. The Kier molecular flexibility index (Phi) is 4.61. The molecule has 2 unspecified atom stereocenters. The number of hydrogen-bond acceptors (Lipinski definition) is 2. The molecule has 1 aromatic carbocycles. The lowest BCUT2D eigenvalue weighted by molar-refractivity contribution is -0.124. The summed E-state index contributed by atoms with van der Waals surface area (Å²) in [4.78, 5) is 11.6. The van der Waals surface area contributed by atoms with Crippen LogP contribution < -0.4 is 10.6 Å². The number of amides is 1. The summed E-state index contributed by atoms with van der Waals surface area (Å²) in [5.74, 6) is 0.129. The smallest absolute Gasteiger partial charge is 0.237 e. The van der Waals surface area contributed by atoms with Crippen molar-refractivity contribution in [1.29, 1.82) is 0 Å². The number of benzene rings is 1. The Labute approximate surface area is 113 Å². The highest BCUT2D eigenvalue weighted by molar-refractivity contribution is 6.30. The van der Waals surface area contributed by atoms with Crippen LogP contribution in [0.4, 0.5) is 0 Å². The fraction of sp³-hybridized carbons (Fsp3) is 0.500. The van der Waals surface area contributed by atoms with Gasteiger partial charge in [0.15, 0.2) is 0 Å². The Balaban J connectivity index is 1.86. The molecule has 0 aliphatic carbocycles. The first-order chi connectivity index (χ1) is 8.65. The molecule has 1 amide bonds. The van der Waals surface area contributed by atoms with Crippen molar-refractivity contribution in [3.8, 4) is 0 Å². The minimum absolute atomic E-state index is 0.0407. The summed E-state index contributed by atoms with van der Waals surface area (Å²) in [6, 6.07) is 8.10. The summed E-state index contributed by atoms with van der Waals surface area (Å²) < 4.78 is 0. The average Bonchev–Trinajstić information content (AvgIpc) is 2.35. The molecule has 1 aliphatic heterocycles. The molecule has 0 radical (unpaired) electrons. The molecule has 1 fully saturated rings. The SMILES string of the molecule is CC(Cc1ccc(Cl)cc1)NC1CCCNC1=O. The van der Waals surface area contributed by atoms with Crippen molar-refractivity contribution in [2.75, 3.05) is 6.54 Å². The van der Waals surface area contributed by atoms with E-state index in [0.717, 1.165) is 30.8 Å². The van der Waals surface area contributed by atoms with Crippen molar-refractivity contribution in [2.24, 2.45) is 0 Å². The van der Waals surface area contributed by atoms with Gasteiger partial charge in [-0.3, -0.25) is 4.79 Å². The first-order valence-corrected chi connectivity index (χ1v) is 6.81. The summed E-state index contributed by atoms with van der Waals surface area (Å²) in [7, 11) is 0. The quantitative estimate of drug-likeness (QED) is 0.877. The minimum atomic E-state index is -0.0407. The Hall–Kier alpha value is -1.06. The second-order valence-electron chi connectivity index (χ2n) is 4.88. The maximum Gasteiger partial charge on any atom is 0.237 e. The Bertz CT molecular complexity index is 405. The van der Waals surface area contributed by atoms with E-state index in [0.29, 0.717) is 0 Å². The Morgan fingerprint density at radius 2 is 2.17 bits per heavy atom. The van der Waals surface area contributed by atoms with Crippen LogP contribution in [0.25, 0.3) is 0 Å². The lowest BCUT2D eigenvalue weighted by atomic mass is 10.0. The van der Waals surface area contributed by atoms with E-state index in [1.54, 1.807) is 0 Å². The highest BCUT2D eigenvalue weighted by atomic mass is 35.5. The zero-order valence-electron chi connectivity index (χ0n) is 10.6. The third-order valence-electron chi connectivity index (χ3n) is 3.23. The van der Waals surface area contributed by atoms with Crippen molar-refractivity contribution < 1.29 is 4.79 Å². The number of carbonyl (C=O) groups excluding carboxylic acids is 1. The second-order valence-corrected chi connectivity index (χ2v) is 5.32. The van der Waals surface area contributed by atoms with E-state index in [-0.39, 0.29) is 18.0 Å². The summed E-state index contributed by atoms with van der Waals surface area (Å²) in [6.07, 6.45) is 2.88. The molecule has 0 saturated carbocycles. The van der Waals surface area contributed by atoms with Crippen molar-refractivity contribution >= 4 is 17.5 Å². The summed E-state index contributed by atoms with van der Waals surface area (Å²) in [5.41, 5.74) is 1.23. The predicted octanol–water partition coefficient (Wildman–Crippen LogP) is 2.14. The van der Waals surface area contributed by atoms with Gasteiger partial charge in [-0.1, -0.05) is 23.7 Å². The number of piperidine rings is 1. The number of hydrogen-bond donors (Lipinski definition) is 2. The first kappa shape index (κ1) is 13.4. The van der Waals surface area contributed by atoms with E-state index in [1.807, 2.05) is 24.3 Å². The van der Waals surface area contributed by atoms with Crippen molar-refractivity contribution in [1.82, 2.24) is 10.6 Å². The summed E-state index contributed by atoms with van der Waals surface area (Å²) in [5, 5.41) is 7.03. The van der Waals surface area contributed by atoms with E-state index in [2.05, 4.69) is 17.6 Å². The van der Waals surface area contributed by atoms with Gasteiger partial charge in [-0.15, -0.1) is 0 Å². The van der Waals surface area contributed by atoms with Gasteiger partial charge in [-0.2, -0.15) is 0 Å². The third kappa shape index (κ3) is 3.72. The lowest BCUT2D eigenvalue weighted by Crippen LogP contribution is -2.51. The van der Waals surface area contributed by atoms with E-state index in [4.69, 9.17) is 11.6 Å². The van der Waals surface area contributed by atoms with Gasteiger partial charge in [0, 0.05) is 17.6 Å². The van der Waals surface area contributed by atoms with Crippen LogP contribution in [0.2, 0.25) is 5.02 Å². The standard InChI is InChI=1S/C14H19ClN2O/c1-10(9-11-4-6-12(15)7-5-11)17-13-3-2-8-16-14(13)18/h4-7,10,13,17H,2-3,8-9H2,1H3,(H,16,18). The topological polar surface area (TPSA) is 41.1 Å². The summed E-state index contributed by atoms with van der Waals surface area (Å²) >= 11 is 5.85. The molecule has 1 heterocycles.